The molecule has 0 fully saturated rings. The van der Waals surface area contributed by atoms with Crippen LogP contribution >= 0.6 is 0 Å². The Balaban J connectivity index is 3.03. The van der Waals surface area contributed by atoms with E-state index in [9.17, 15) is 9.90 Å². The smallest absolute Gasteiger partial charge is 0.341 e. The zero-order chi connectivity index (χ0) is 13.9. The molecular formula is C14H21NO3. The summed E-state index contributed by atoms with van der Waals surface area (Å²) in [6.45, 7) is 9.70. The Kier molecular flexibility index (Phi) is 4.70. The van der Waals surface area contributed by atoms with Crippen LogP contribution in [0.2, 0.25) is 0 Å². The quantitative estimate of drug-likeness (QED) is 0.873. The van der Waals surface area contributed by atoms with Crippen molar-refractivity contribution in [3.8, 4) is 5.75 Å². The molecule has 100 valence electrons. The molecule has 0 aliphatic rings. The zero-order valence-corrected chi connectivity index (χ0v) is 11.7. The van der Waals surface area contributed by atoms with Gasteiger partial charge in [0.1, 0.15) is 11.3 Å². The number of hydrogen-bond donors (Lipinski definition) is 1. The van der Waals surface area contributed by atoms with E-state index in [-0.39, 0.29) is 11.7 Å². The van der Waals surface area contributed by atoms with Gasteiger partial charge in [-0.25, -0.2) is 4.79 Å². The van der Waals surface area contributed by atoms with Gasteiger partial charge in [0.25, 0.3) is 0 Å². The van der Waals surface area contributed by atoms with Crippen molar-refractivity contribution in [2.24, 2.45) is 5.92 Å². The summed E-state index contributed by atoms with van der Waals surface area (Å²) >= 11 is 0. The van der Waals surface area contributed by atoms with Gasteiger partial charge in [0.2, 0.25) is 0 Å². The first-order valence-corrected chi connectivity index (χ1v) is 6.19. The van der Waals surface area contributed by atoms with E-state index < -0.39 is 5.97 Å². The number of carbonyl (C=O) groups is 1. The molecule has 1 atom stereocenters. The molecule has 0 amide bonds. The molecule has 1 aromatic heterocycles. The standard InChI is InChI=1S/C14H21NO3/c1-8(2)6-10(4)18-12-7-9(3)15-11(5)13(12)14(16)17/h7-8,10H,6H2,1-5H3,(H,16,17). The van der Waals surface area contributed by atoms with Crippen LogP contribution in [-0.2, 0) is 0 Å². The van der Waals surface area contributed by atoms with Gasteiger partial charge in [-0.1, -0.05) is 13.8 Å². The van der Waals surface area contributed by atoms with E-state index in [1.54, 1.807) is 13.0 Å². The number of ether oxygens (including phenoxy) is 1. The van der Waals surface area contributed by atoms with Gasteiger partial charge in [-0.3, -0.25) is 4.98 Å². The maximum atomic E-state index is 11.2. The van der Waals surface area contributed by atoms with Crippen molar-refractivity contribution in [2.45, 2.75) is 47.1 Å². The molecule has 0 saturated heterocycles. The third-order valence-electron chi connectivity index (χ3n) is 2.64. The Hall–Kier alpha value is -1.58. The number of nitrogens with zero attached hydrogens (tertiary/aromatic N) is 1. The summed E-state index contributed by atoms with van der Waals surface area (Å²) in [4.78, 5) is 15.4. The zero-order valence-electron chi connectivity index (χ0n) is 11.7. The summed E-state index contributed by atoms with van der Waals surface area (Å²) in [5.41, 5.74) is 1.43. The van der Waals surface area contributed by atoms with Crippen LogP contribution in [0.3, 0.4) is 0 Å². The minimum atomic E-state index is -0.994. The molecule has 0 aliphatic carbocycles. The van der Waals surface area contributed by atoms with E-state index in [0.29, 0.717) is 17.4 Å². The summed E-state index contributed by atoms with van der Waals surface area (Å²) in [5.74, 6) is -0.0651. The highest BCUT2D eigenvalue weighted by atomic mass is 16.5. The fourth-order valence-electron chi connectivity index (χ4n) is 2.07. The van der Waals surface area contributed by atoms with Crippen LogP contribution in [-0.4, -0.2) is 22.2 Å². The lowest BCUT2D eigenvalue weighted by atomic mass is 10.1. The molecule has 0 spiro atoms. The Morgan fingerprint density at radius 2 is 2.00 bits per heavy atom. The highest BCUT2D eigenvalue weighted by Crippen LogP contribution is 2.24. The predicted octanol–water partition coefficient (Wildman–Crippen LogP) is 3.21. The SMILES string of the molecule is Cc1cc(OC(C)CC(C)C)c(C(=O)O)c(C)n1. The molecule has 1 unspecified atom stereocenters. The van der Waals surface area contributed by atoms with E-state index in [4.69, 9.17) is 4.74 Å². The molecule has 0 bridgehead atoms. The van der Waals surface area contributed by atoms with Crippen LogP contribution < -0.4 is 4.74 Å². The molecule has 1 N–H and O–H groups in total. The van der Waals surface area contributed by atoms with Gasteiger partial charge >= 0.3 is 5.97 Å². The van der Waals surface area contributed by atoms with Crippen molar-refractivity contribution in [3.63, 3.8) is 0 Å². The average molecular weight is 251 g/mol. The Labute approximate surface area is 108 Å². The van der Waals surface area contributed by atoms with E-state index >= 15 is 0 Å². The number of aromatic carboxylic acids is 1. The average Bonchev–Trinajstić information content (AvgIpc) is 2.12. The molecule has 0 saturated carbocycles. The number of rotatable bonds is 5. The van der Waals surface area contributed by atoms with Crippen LogP contribution in [0.25, 0.3) is 0 Å². The van der Waals surface area contributed by atoms with Gasteiger partial charge in [-0.2, -0.15) is 0 Å². The largest absolute Gasteiger partial charge is 0.490 e. The summed E-state index contributed by atoms with van der Waals surface area (Å²) in [6.07, 6.45) is 0.878. The van der Waals surface area contributed by atoms with Crippen molar-refractivity contribution in [1.29, 1.82) is 0 Å². The third-order valence-corrected chi connectivity index (χ3v) is 2.64. The van der Waals surface area contributed by atoms with Gasteiger partial charge in [-0.05, 0) is 33.1 Å². The van der Waals surface area contributed by atoms with Gasteiger partial charge in [-0.15, -0.1) is 0 Å². The van der Waals surface area contributed by atoms with Crippen molar-refractivity contribution in [3.05, 3.63) is 23.0 Å². The van der Waals surface area contributed by atoms with Crippen LogP contribution in [0.5, 0.6) is 5.75 Å². The van der Waals surface area contributed by atoms with Crippen molar-refractivity contribution >= 4 is 5.97 Å². The Morgan fingerprint density at radius 1 is 1.39 bits per heavy atom. The van der Waals surface area contributed by atoms with Gasteiger partial charge < -0.3 is 9.84 Å². The Bertz CT molecular complexity index is 441. The lowest BCUT2D eigenvalue weighted by Crippen LogP contribution is -2.17. The summed E-state index contributed by atoms with van der Waals surface area (Å²) in [7, 11) is 0. The first-order valence-electron chi connectivity index (χ1n) is 6.19. The van der Waals surface area contributed by atoms with Crippen molar-refractivity contribution in [2.75, 3.05) is 0 Å². The molecule has 4 nitrogen and oxygen atoms in total. The highest BCUT2D eigenvalue weighted by molar-refractivity contribution is 5.92. The molecule has 1 aromatic rings. The maximum Gasteiger partial charge on any atom is 0.341 e. The van der Waals surface area contributed by atoms with Gasteiger partial charge in [0.15, 0.2) is 0 Å². The maximum absolute atomic E-state index is 11.2. The minimum absolute atomic E-state index is 0.00991. The van der Waals surface area contributed by atoms with E-state index in [1.807, 2.05) is 13.8 Å². The normalized spacial score (nSPS) is 12.6. The highest BCUT2D eigenvalue weighted by Gasteiger charge is 2.18. The van der Waals surface area contributed by atoms with E-state index in [0.717, 1.165) is 12.1 Å². The molecular weight excluding hydrogens is 230 g/mol. The van der Waals surface area contributed by atoms with Gasteiger partial charge in [0, 0.05) is 11.8 Å². The second-order valence-electron chi connectivity index (χ2n) is 5.09. The first-order chi connectivity index (χ1) is 8.31. The summed E-state index contributed by atoms with van der Waals surface area (Å²) < 4.78 is 5.76. The number of pyridine rings is 1. The lowest BCUT2D eigenvalue weighted by molar-refractivity contribution is 0.0687. The first kappa shape index (κ1) is 14.5. The topological polar surface area (TPSA) is 59.4 Å². The number of carboxylic acid groups (broad SMARTS) is 1. The second-order valence-corrected chi connectivity index (χ2v) is 5.09. The van der Waals surface area contributed by atoms with E-state index in [2.05, 4.69) is 18.8 Å². The van der Waals surface area contributed by atoms with Crippen molar-refractivity contribution in [1.82, 2.24) is 4.98 Å². The predicted molar refractivity (Wildman–Crippen MR) is 70.2 cm³/mol. The van der Waals surface area contributed by atoms with Crippen molar-refractivity contribution < 1.29 is 14.6 Å². The molecule has 0 radical (unpaired) electrons. The van der Waals surface area contributed by atoms with Gasteiger partial charge in [0.05, 0.1) is 11.8 Å². The molecule has 1 rings (SSSR count). The number of carboxylic acids is 1. The number of hydrogen-bond acceptors (Lipinski definition) is 3. The fraction of sp³-hybridized carbons (Fsp3) is 0.571. The van der Waals surface area contributed by atoms with Crippen LogP contribution in [0.15, 0.2) is 6.07 Å². The molecule has 0 aromatic carbocycles. The van der Waals surface area contributed by atoms with E-state index in [1.165, 1.54) is 0 Å². The van der Waals surface area contributed by atoms with Crippen LogP contribution in [0.4, 0.5) is 0 Å². The molecule has 4 heteroatoms. The number of aryl methyl sites for hydroxylation is 2. The molecule has 1 heterocycles. The summed E-state index contributed by atoms with van der Waals surface area (Å²) in [5, 5.41) is 9.21. The van der Waals surface area contributed by atoms with Crippen LogP contribution in [0, 0.1) is 19.8 Å². The number of aromatic nitrogens is 1. The molecule has 0 aliphatic heterocycles. The molecule has 18 heavy (non-hydrogen) atoms. The van der Waals surface area contributed by atoms with Crippen LogP contribution in [0.1, 0.15) is 48.9 Å². The monoisotopic (exact) mass is 251 g/mol. The Morgan fingerprint density at radius 3 is 2.50 bits per heavy atom. The lowest BCUT2D eigenvalue weighted by Gasteiger charge is -2.19. The fourth-order valence-corrected chi connectivity index (χ4v) is 2.07. The summed E-state index contributed by atoms with van der Waals surface area (Å²) in [6, 6.07) is 1.69. The third kappa shape index (κ3) is 3.72. The second kappa shape index (κ2) is 5.85. The minimum Gasteiger partial charge on any atom is -0.490 e.